The molecule has 0 saturated carbocycles. The first kappa shape index (κ1) is 17.1. The van der Waals surface area contributed by atoms with Crippen molar-refractivity contribution in [2.24, 2.45) is 0 Å². The fraction of sp³-hybridized carbons (Fsp3) is 0. The molecule has 0 amide bonds. The van der Waals surface area contributed by atoms with E-state index in [9.17, 15) is 4.79 Å². The second kappa shape index (κ2) is 7.15. The molecule has 0 saturated heterocycles. The van der Waals surface area contributed by atoms with Gasteiger partial charge in [0.15, 0.2) is 5.82 Å². The number of thiazole rings is 1. The van der Waals surface area contributed by atoms with Gasteiger partial charge in [-0.25, -0.2) is 0 Å². The van der Waals surface area contributed by atoms with E-state index in [1.165, 1.54) is 15.9 Å². The van der Waals surface area contributed by atoms with Gasteiger partial charge in [0.25, 0.3) is 5.56 Å². The highest BCUT2D eigenvalue weighted by Gasteiger charge is 2.09. The highest BCUT2D eigenvalue weighted by atomic mass is 79.9. The molecule has 26 heavy (non-hydrogen) atoms. The monoisotopic (exact) mass is 443 g/mol. The lowest BCUT2D eigenvalue weighted by molar-refractivity contribution is 0.925. The summed E-state index contributed by atoms with van der Waals surface area (Å²) in [6.07, 6.45) is 5.50. The Kier molecular flexibility index (Phi) is 4.72. The maximum Gasteiger partial charge on any atom is 0.291 e. The quantitative estimate of drug-likeness (QED) is 0.474. The fourth-order valence-corrected chi connectivity index (χ4v) is 3.83. The normalized spacial score (nSPS) is 12.5. The van der Waals surface area contributed by atoms with Crippen LogP contribution in [0.25, 0.3) is 23.2 Å². The van der Waals surface area contributed by atoms with E-state index < -0.39 is 0 Å². The van der Waals surface area contributed by atoms with Crippen molar-refractivity contribution in [3.63, 3.8) is 0 Å². The lowest BCUT2D eigenvalue weighted by Crippen LogP contribution is -2.23. The molecule has 0 atom stereocenters. The first-order chi connectivity index (χ1) is 12.6. The van der Waals surface area contributed by atoms with Gasteiger partial charge in [-0.05, 0) is 41.5 Å². The third-order valence-corrected chi connectivity index (χ3v) is 5.62. The molecule has 4 rings (SSSR count). The predicted molar refractivity (Wildman–Crippen MR) is 110 cm³/mol. The molecule has 0 N–H and O–H groups in total. The fourth-order valence-electron chi connectivity index (χ4n) is 2.40. The average molecular weight is 445 g/mol. The van der Waals surface area contributed by atoms with Gasteiger partial charge in [0.05, 0.1) is 4.53 Å². The first-order valence-electron chi connectivity index (χ1n) is 7.70. The molecule has 0 aliphatic heterocycles. The van der Waals surface area contributed by atoms with Crippen LogP contribution in [0, 0.1) is 0 Å². The van der Waals surface area contributed by atoms with Gasteiger partial charge in [0.2, 0.25) is 4.96 Å². The summed E-state index contributed by atoms with van der Waals surface area (Å²) in [6.45, 7) is 0. The standard InChI is InChI=1S/C19H11BrClN3OS/c20-15-4-2-1-3-13(15)11-16-18(25)24-19(26-16)22-17(23-24)10-7-12-5-8-14(21)9-6-12/h1-11H. The van der Waals surface area contributed by atoms with Crippen molar-refractivity contribution in [3.8, 4) is 0 Å². The molecule has 128 valence electrons. The second-order valence-electron chi connectivity index (χ2n) is 5.49. The van der Waals surface area contributed by atoms with Gasteiger partial charge in [-0.1, -0.05) is 75.3 Å². The van der Waals surface area contributed by atoms with Crippen LogP contribution in [0.5, 0.6) is 0 Å². The van der Waals surface area contributed by atoms with Crippen LogP contribution >= 0.6 is 38.9 Å². The van der Waals surface area contributed by atoms with Crippen molar-refractivity contribution >= 4 is 62.1 Å². The average Bonchev–Trinajstić information content (AvgIpc) is 3.16. The van der Waals surface area contributed by atoms with E-state index in [1.54, 1.807) is 6.08 Å². The zero-order chi connectivity index (χ0) is 18.1. The number of hydrogen-bond donors (Lipinski definition) is 0. The molecule has 0 radical (unpaired) electrons. The van der Waals surface area contributed by atoms with Crippen LogP contribution in [0.1, 0.15) is 17.0 Å². The lowest BCUT2D eigenvalue weighted by Gasteiger charge is -1.94. The molecule has 0 spiro atoms. The summed E-state index contributed by atoms with van der Waals surface area (Å²) in [4.78, 5) is 17.5. The molecule has 0 aliphatic rings. The van der Waals surface area contributed by atoms with Crippen LogP contribution in [0.3, 0.4) is 0 Å². The van der Waals surface area contributed by atoms with E-state index in [-0.39, 0.29) is 5.56 Å². The van der Waals surface area contributed by atoms with Crippen LogP contribution in [0.15, 0.2) is 57.8 Å². The summed E-state index contributed by atoms with van der Waals surface area (Å²) < 4.78 is 2.87. The molecule has 2 aromatic carbocycles. The zero-order valence-electron chi connectivity index (χ0n) is 13.3. The molecule has 0 unspecified atom stereocenters. The summed E-state index contributed by atoms with van der Waals surface area (Å²) in [5, 5.41) is 4.98. The highest BCUT2D eigenvalue weighted by molar-refractivity contribution is 9.10. The van der Waals surface area contributed by atoms with Crippen molar-refractivity contribution < 1.29 is 0 Å². The number of nitrogens with zero attached hydrogens (tertiary/aromatic N) is 3. The third-order valence-electron chi connectivity index (χ3n) is 3.68. The van der Waals surface area contributed by atoms with Crippen molar-refractivity contribution in [1.82, 2.24) is 14.6 Å². The smallest absolute Gasteiger partial charge is 0.266 e. The number of halogens is 2. The van der Waals surface area contributed by atoms with E-state index in [1.807, 2.05) is 60.7 Å². The van der Waals surface area contributed by atoms with Gasteiger partial charge in [-0.2, -0.15) is 9.50 Å². The van der Waals surface area contributed by atoms with Crippen LogP contribution in [0.4, 0.5) is 0 Å². The number of rotatable bonds is 3. The summed E-state index contributed by atoms with van der Waals surface area (Å²) in [6, 6.07) is 15.2. The molecule has 0 fully saturated rings. The molecule has 4 aromatic rings. The van der Waals surface area contributed by atoms with Gasteiger partial charge in [0.1, 0.15) is 0 Å². The molecule has 2 heterocycles. The Labute approximate surface area is 166 Å². The minimum atomic E-state index is -0.167. The minimum absolute atomic E-state index is 0.167. The Morgan fingerprint density at radius 2 is 1.85 bits per heavy atom. The summed E-state index contributed by atoms with van der Waals surface area (Å²) in [5.41, 5.74) is 1.76. The molecule has 7 heteroatoms. The number of fused-ring (bicyclic) bond motifs is 1. The molecular formula is C19H11BrClN3OS. The van der Waals surface area contributed by atoms with E-state index in [2.05, 4.69) is 26.0 Å². The second-order valence-corrected chi connectivity index (χ2v) is 7.79. The number of aromatic nitrogens is 3. The highest BCUT2D eigenvalue weighted by Crippen LogP contribution is 2.16. The Morgan fingerprint density at radius 1 is 1.08 bits per heavy atom. The summed E-state index contributed by atoms with van der Waals surface area (Å²) in [7, 11) is 0. The van der Waals surface area contributed by atoms with Crippen LogP contribution in [-0.4, -0.2) is 14.6 Å². The third kappa shape index (κ3) is 3.49. The van der Waals surface area contributed by atoms with Crippen molar-refractivity contribution in [2.45, 2.75) is 0 Å². The maximum atomic E-state index is 12.6. The van der Waals surface area contributed by atoms with Gasteiger partial charge >= 0.3 is 0 Å². The van der Waals surface area contributed by atoms with Crippen molar-refractivity contribution in [2.75, 3.05) is 0 Å². The maximum absolute atomic E-state index is 12.6. The largest absolute Gasteiger partial charge is 0.291 e. The van der Waals surface area contributed by atoms with Gasteiger partial charge < -0.3 is 0 Å². The van der Waals surface area contributed by atoms with Crippen LogP contribution in [-0.2, 0) is 0 Å². The SMILES string of the molecule is O=c1c(=Cc2ccccc2Br)sc2nc(C=Cc3ccc(Cl)cc3)nn12. The van der Waals surface area contributed by atoms with E-state index in [0.717, 1.165) is 15.6 Å². The topological polar surface area (TPSA) is 47.3 Å². The van der Waals surface area contributed by atoms with E-state index in [0.29, 0.717) is 20.3 Å². The summed E-state index contributed by atoms with van der Waals surface area (Å²) in [5.74, 6) is 0.496. The Balaban J connectivity index is 1.69. The summed E-state index contributed by atoms with van der Waals surface area (Å²) >= 11 is 10.7. The van der Waals surface area contributed by atoms with Gasteiger partial charge in [-0.3, -0.25) is 4.79 Å². The Hall–Kier alpha value is -2.28. The minimum Gasteiger partial charge on any atom is -0.266 e. The van der Waals surface area contributed by atoms with E-state index >= 15 is 0 Å². The lowest BCUT2D eigenvalue weighted by atomic mass is 10.2. The molecule has 0 aliphatic carbocycles. The molecule has 2 aromatic heterocycles. The number of hydrogen-bond acceptors (Lipinski definition) is 4. The van der Waals surface area contributed by atoms with Gasteiger partial charge in [0, 0.05) is 9.50 Å². The molecule has 4 nitrogen and oxygen atoms in total. The van der Waals surface area contributed by atoms with E-state index in [4.69, 9.17) is 11.6 Å². The predicted octanol–water partition coefficient (Wildman–Crippen LogP) is 4.29. The van der Waals surface area contributed by atoms with Crippen LogP contribution in [0.2, 0.25) is 5.02 Å². The Bertz CT molecular complexity index is 1230. The first-order valence-corrected chi connectivity index (χ1v) is 9.68. The van der Waals surface area contributed by atoms with Crippen LogP contribution < -0.4 is 10.1 Å². The van der Waals surface area contributed by atoms with Gasteiger partial charge in [-0.15, -0.1) is 5.10 Å². The molecular weight excluding hydrogens is 434 g/mol. The molecule has 0 bridgehead atoms. The Morgan fingerprint density at radius 3 is 2.58 bits per heavy atom. The number of benzene rings is 2. The zero-order valence-corrected chi connectivity index (χ0v) is 16.4. The van der Waals surface area contributed by atoms with Crippen molar-refractivity contribution in [1.29, 1.82) is 0 Å². The van der Waals surface area contributed by atoms with Crippen molar-refractivity contribution in [3.05, 3.63) is 89.9 Å².